The summed E-state index contributed by atoms with van der Waals surface area (Å²) in [6, 6.07) is 11.4. The molecule has 0 saturated heterocycles. The molecule has 2 aromatic carbocycles. The van der Waals surface area contributed by atoms with Gasteiger partial charge in [-0.05, 0) is 49.6 Å². The van der Waals surface area contributed by atoms with Crippen molar-refractivity contribution in [3.8, 4) is 5.75 Å². The Morgan fingerprint density at radius 2 is 1.90 bits per heavy atom. The number of ether oxygens (including phenoxy) is 1. The van der Waals surface area contributed by atoms with Crippen molar-refractivity contribution in [3.05, 3.63) is 59.4 Å². The number of rotatable bonds is 9. The summed E-state index contributed by atoms with van der Waals surface area (Å²) >= 11 is 0. The van der Waals surface area contributed by atoms with Crippen LogP contribution in [0.15, 0.2) is 52.4 Å². The van der Waals surface area contributed by atoms with Crippen LogP contribution < -0.4 is 15.4 Å². The van der Waals surface area contributed by atoms with E-state index in [1.807, 2.05) is 32.0 Å². The summed E-state index contributed by atoms with van der Waals surface area (Å²) in [6.45, 7) is 5.22. The molecule has 0 radical (unpaired) electrons. The van der Waals surface area contributed by atoms with Gasteiger partial charge in [-0.3, -0.25) is 4.99 Å². The largest absolute Gasteiger partial charge is 0.496 e. The van der Waals surface area contributed by atoms with Gasteiger partial charge in [0.2, 0.25) is 0 Å². The third kappa shape index (κ3) is 7.75. The van der Waals surface area contributed by atoms with Gasteiger partial charge in [0.1, 0.15) is 16.5 Å². The molecule has 0 aromatic heterocycles. The van der Waals surface area contributed by atoms with Gasteiger partial charge in [0.05, 0.1) is 19.4 Å². The van der Waals surface area contributed by atoms with E-state index in [1.165, 1.54) is 18.2 Å². The van der Waals surface area contributed by atoms with Crippen LogP contribution in [-0.4, -0.2) is 46.9 Å². The molecule has 0 saturated carbocycles. The Kier molecular flexibility index (Phi) is 11.1. The molecule has 0 aliphatic heterocycles. The maximum Gasteiger partial charge on any atom is 0.191 e. The molecule has 6 nitrogen and oxygen atoms in total. The van der Waals surface area contributed by atoms with Crippen molar-refractivity contribution in [1.29, 1.82) is 0 Å². The van der Waals surface area contributed by atoms with Crippen LogP contribution in [0.2, 0.25) is 0 Å². The molecule has 0 atom stereocenters. The van der Waals surface area contributed by atoms with Crippen molar-refractivity contribution in [1.82, 2.24) is 10.6 Å². The second kappa shape index (κ2) is 12.7. The molecule has 0 bridgehead atoms. The first-order valence-corrected chi connectivity index (χ1v) is 11.2. The van der Waals surface area contributed by atoms with E-state index in [4.69, 9.17) is 4.74 Å². The fourth-order valence-electron chi connectivity index (χ4n) is 2.77. The summed E-state index contributed by atoms with van der Waals surface area (Å²) in [7, 11) is -2.08. The number of halogens is 2. The second-order valence-corrected chi connectivity index (χ2v) is 8.57. The fraction of sp³-hybridized carbons (Fsp3) is 0.381. The highest BCUT2D eigenvalue weighted by Gasteiger charge is 2.18. The number of nitrogens with one attached hydrogen (secondary N) is 2. The van der Waals surface area contributed by atoms with Crippen molar-refractivity contribution < 1.29 is 17.5 Å². The number of hydrogen-bond acceptors (Lipinski definition) is 4. The summed E-state index contributed by atoms with van der Waals surface area (Å²) in [6.07, 6.45) is 0.759. The van der Waals surface area contributed by atoms with Crippen LogP contribution >= 0.6 is 24.0 Å². The summed E-state index contributed by atoms with van der Waals surface area (Å²) in [5.41, 5.74) is 2.20. The highest BCUT2D eigenvalue weighted by atomic mass is 127. The Balaban J connectivity index is 0.00000450. The monoisotopic (exact) mass is 549 g/mol. The van der Waals surface area contributed by atoms with Gasteiger partial charge in [0.15, 0.2) is 15.8 Å². The number of aryl methyl sites for hydroxylation is 1. The van der Waals surface area contributed by atoms with E-state index in [0.29, 0.717) is 19.0 Å². The predicted octanol–water partition coefficient (Wildman–Crippen LogP) is 3.33. The van der Waals surface area contributed by atoms with Gasteiger partial charge in [0.25, 0.3) is 0 Å². The number of benzene rings is 2. The van der Waals surface area contributed by atoms with E-state index in [-0.39, 0.29) is 41.2 Å². The molecule has 2 aromatic rings. The molecule has 0 aliphatic carbocycles. The average molecular weight is 549 g/mol. The molecule has 0 spiro atoms. The van der Waals surface area contributed by atoms with Crippen molar-refractivity contribution in [2.45, 2.75) is 25.2 Å². The van der Waals surface area contributed by atoms with Gasteiger partial charge in [-0.2, -0.15) is 0 Å². The SMILES string of the molecule is CCNC(=NCCS(=O)(=O)c1ccccc1F)NCCc1ccc(C)c(OC)c1.I. The van der Waals surface area contributed by atoms with Gasteiger partial charge in [-0.15, -0.1) is 24.0 Å². The Hall–Kier alpha value is -1.88. The number of hydrogen-bond donors (Lipinski definition) is 2. The Morgan fingerprint density at radius 1 is 1.17 bits per heavy atom. The maximum absolute atomic E-state index is 13.8. The third-order valence-electron chi connectivity index (χ3n) is 4.32. The molecule has 2 N–H and O–H groups in total. The molecule has 0 amide bonds. The van der Waals surface area contributed by atoms with E-state index in [2.05, 4.69) is 15.6 Å². The number of nitrogens with zero attached hydrogens (tertiary/aromatic N) is 1. The predicted molar refractivity (Wildman–Crippen MR) is 129 cm³/mol. The van der Waals surface area contributed by atoms with Crippen molar-refractivity contribution in [3.63, 3.8) is 0 Å². The quantitative estimate of drug-likeness (QED) is 0.285. The number of sulfone groups is 1. The number of aliphatic imine (C=N–C) groups is 1. The molecule has 0 unspecified atom stereocenters. The van der Waals surface area contributed by atoms with Crippen molar-refractivity contribution in [2.75, 3.05) is 32.5 Å². The normalized spacial score (nSPS) is 11.5. The van der Waals surface area contributed by atoms with E-state index in [9.17, 15) is 12.8 Å². The summed E-state index contributed by atoms with van der Waals surface area (Å²) in [4.78, 5) is 4.01. The minimum absolute atomic E-state index is 0. The van der Waals surface area contributed by atoms with E-state index in [0.717, 1.165) is 29.4 Å². The molecule has 0 heterocycles. The van der Waals surface area contributed by atoms with Crippen LogP contribution in [0.3, 0.4) is 0 Å². The standard InChI is InChI=1S/C21H28FN3O3S.HI/c1-4-23-21(24-12-11-17-10-9-16(2)19(15-17)28-3)25-13-14-29(26,27)20-8-6-5-7-18(20)22;/h5-10,15H,4,11-14H2,1-3H3,(H2,23,24,25);1H. The zero-order valence-corrected chi connectivity index (χ0v) is 20.6. The highest BCUT2D eigenvalue weighted by Crippen LogP contribution is 2.19. The fourth-order valence-corrected chi connectivity index (χ4v) is 3.97. The highest BCUT2D eigenvalue weighted by molar-refractivity contribution is 14.0. The number of methoxy groups -OCH3 is 1. The van der Waals surface area contributed by atoms with Gasteiger partial charge in [-0.25, -0.2) is 12.8 Å². The Labute approximate surface area is 195 Å². The van der Waals surface area contributed by atoms with Crippen LogP contribution in [-0.2, 0) is 16.3 Å². The van der Waals surface area contributed by atoms with Crippen molar-refractivity contribution in [2.24, 2.45) is 4.99 Å². The lowest BCUT2D eigenvalue weighted by molar-refractivity contribution is 0.411. The summed E-state index contributed by atoms with van der Waals surface area (Å²) in [5.74, 6) is 0.367. The van der Waals surface area contributed by atoms with Gasteiger partial charge < -0.3 is 15.4 Å². The first kappa shape index (κ1) is 26.2. The van der Waals surface area contributed by atoms with Crippen LogP contribution in [0, 0.1) is 12.7 Å². The van der Waals surface area contributed by atoms with Crippen LogP contribution in [0.1, 0.15) is 18.1 Å². The number of guanidine groups is 1. The summed E-state index contributed by atoms with van der Waals surface area (Å²) < 4.78 is 43.7. The molecule has 9 heteroatoms. The third-order valence-corrected chi connectivity index (χ3v) is 6.05. The van der Waals surface area contributed by atoms with Crippen LogP contribution in [0.4, 0.5) is 4.39 Å². The first-order valence-electron chi connectivity index (χ1n) is 9.50. The van der Waals surface area contributed by atoms with Crippen LogP contribution in [0.25, 0.3) is 0 Å². The molecule has 0 aliphatic rings. The second-order valence-electron chi connectivity index (χ2n) is 6.49. The molecule has 166 valence electrons. The lowest BCUT2D eigenvalue weighted by Gasteiger charge is -2.12. The minimum atomic E-state index is -3.73. The first-order chi connectivity index (χ1) is 13.9. The van der Waals surface area contributed by atoms with Crippen LogP contribution in [0.5, 0.6) is 5.75 Å². The molecular weight excluding hydrogens is 520 g/mol. The van der Waals surface area contributed by atoms with E-state index < -0.39 is 15.7 Å². The Bertz CT molecular complexity index is 952. The average Bonchev–Trinajstić information content (AvgIpc) is 2.69. The van der Waals surface area contributed by atoms with Crippen molar-refractivity contribution >= 4 is 39.8 Å². The lowest BCUT2D eigenvalue weighted by Crippen LogP contribution is -2.38. The Morgan fingerprint density at radius 3 is 2.57 bits per heavy atom. The molecule has 0 fully saturated rings. The smallest absolute Gasteiger partial charge is 0.191 e. The zero-order chi connectivity index (χ0) is 21.3. The molecule has 30 heavy (non-hydrogen) atoms. The van der Waals surface area contributed by atoms with E-state index >= 15 is 0 Å². The molecule has 2 rings (SSSR count). The maximum atomic E-state index is 13.8. The van der Waals surface area contributed by atoms with E-state index in [1.54, 1.807) is 7.11 Å². The minimum Gasteiger partial charge on any atom is -0.496 e. The topological polar surface area (TPSA) is 79.8 Å². The lowest BCUT2D eigenvalue weighted by atomic mass is 10.1. The molecular formula is C21H29FIN3O3S. The zero-order valence-electron chi connectivity index (χ0n) is 17.4. The van der Waals surface area contributed by atoms with Gasteiger partial charge in [-0.1, -0.05) is 24.3 Å². The van der Waals surface area contributed by atoms with Gasteiger partial charge in [0, 0.05) is 13.1 Å². The summed E-state index contributed by atoms with van der Waals surface area (Å²) in [5, 5.41) is 6.27. The van der Waals surface area contributed by atoms with Gasteiger partial charge >= 0.3 is 0 Å².